The van der Waals surface area contributed by atoms with Crippen molar-refractivity contribution in [3.63, 3.8) is 0 Å². The van der Waals surface area contributed by atoms with Crippen LogP contribution in [0.4, 0.5) is 9.52 Å². The highest BCUT2D eigenvalue weighted by molar-refractivity contribution is 7.15. The van der Waals surface area contributed by atoms with Crippen LogP contribution >= 0.6 is 11.3 Å². The smallest absolute Gasteiger partial charge is 0.180 e. The topological polar surface area (TPSA) is 38.9 Å². The van der Waals surface area contributed by atoms with Crippen molar-refractivity contribution >= 4 is 16.5 Å². The van der Waals surface area contributed by atoms with E-state index in [1.807, 2.05) is 24.3 Å². The Balaban J connectivity index is 2.00. The van der Waals surface area contributed by atoms with Crippen molar-refractivity contribution in [2.75, 3.05) is 5.73 Å². The molecule has 0 aliphatic carbocycles. The van der Waals surface area contributed by atoms with E-state index >= 15 is 0 Å². The molecule has 0 fully saturated rings. The molecule has 0 saturated carbocycles. The molecule has 0 aliphatic rings. The number of rotatable bonds is 3. The molecule has 20 heavy (non-hydrogen) atoms. The lowest BCUT2D eigenvalue weighted by atomic mass is 10.1. The predicted octanol–water partition coefficient (Wildman–Crippen LogP) is 4.12. The van der Waals surface area contributed by atoms with Gasteiger partial charge < -0.3 is 5.73 Å². The minimum Gasteiger partial charge on any atom is -0.375 e. The Kier molecular flexibility index (Phi) is 3.48. The highest BCUT2D eigenvalue weighted by atomic mass is 32.1. The van der Waals surface area contributed by atoms with Gasteiger partial charge in [-0.1, -0.05) is 42.5 Å². The molecule has 0 aliphatic heterocycles. The van der Waals surface area contributed by atoms with Gasteiger partial charge >= 0.3 is 0 Å². The average molecular weight is 284 g/mol. The summed E-state index contributed by atoms with van der Waals surface area (Å²) in [5, 5.41) is 0.509. The van der Waals surface area contributed by atoms with Crippen molar-refractivity contribution < 1.29 is 4.39 Å². The first kappa shape index (κ1) is 12.8. The second-order valence-corrected chi connectivity index (χ2v) is 5.61. The van der Waals surface area contributed by atoms with Crippen LogP contribution in [0.3, 0.4) is 0 Å². The molecule has 2 aromatic carbocycles. The molecule has 4 heteroatoms. The van der Waals surface area contributed by atoms with Gasteiger partial charge in [-0.3, -0.25) is 0 Å². The number of hydrogen-bond donors (Lipinski definition) is 1. The number of benzene rings is 2. The summed E-state index contributed by atoms with van der Waals surface area (Å²) < 4.78 is 13.4. The normalized spacial score (nSPS) is 10.7. The first-order valence-electron chi connectivity index (χ1n) is 6.27. The number of nitrogen functional groups attached to an aromatic ring is 1. The van der Waals surface area contributed by atoms with Crippen molar-refractivity contribution in [3.05, 3.63) is 70.9 Å². The first-order valence-corrected chi connectivity index (χ1v) is 7.09. The molecule has 0 atom stereocenters. The van der Waals surface area contributed by atoms with Crippen LogP contribution in [-0.2, 0) is 6.42 Å². The summed E-state index contributed by atoms with van der Waals surface area (Å²) in [7, 11) is 0. The van der Waals surface area contributed by atoms with Gasteiger partial charge in [0, 0.05) is 16.9 Å². The summed E-state index contributed by atoms with van der Waals surface area (Å²) in [4.78, 5) is 5.40. The van der Waals surface area contributed by atoms with Crippen molar-refractivity contribution in [1.82, 2.24) is 4.98 Å². The standard InChI is InChI=1S/C16H13FN2S/c17-13-8-4-7-12(10-13)15-14(20-16(18)19-15)9-11-5-2-1-3-6-11/h1-8,10H,9H2,(H2,18,19). The van der Waals surface area contributed by atoms with Crippen LogP contribution in [0.15, 0.2) is 54.6 Å². The molecule has 0 unspecified atom stereocenters. The maximum atomic E-state index is 13.4. The molecule has 0 amide bonds. The van der Waals surface area contributed by atoms with Gasteiger partial charge in [0.05, 0.1) is 5.69 Å². The number of halogens is 1. The Morgan fingerprint density at radius 2 is 1.85 bits per heavy atom. The number of aromatic nitrogens is 1. The maximum Gasteiger partial charge on any atom is 0.180 e. The Bertz CT molecular complexity index is 722. The fourth-order valence-corrected chi connectivity index (χ4v) is 3.02. The van der Waals surface area contributed by atoms with E-state index in [9.17, 15) is 4.39 Å². The third-order valence-electron chi connectivity index (χ3n) is 3.02. The summed E-state index contributed by atoms with van der Waals surface area (Å²) in [6.45, 7) is 0. The van der Waals surface area contributed by atoms with Gasteiger partial charge in [-0.15, -0.1) is 11.3 Å². The minimum atomic E-state index is -0.264. The van der Waals surface area contributed by atoms with Crippen LogP contribution in [0.25, 0.3) is 11.3 Å². The van der Waals surface area contributed by atoms with Gasteiger partial charge in [0.15, 0.2) is 5.13 Å². The Labute approximate surface area is 120 Å². The quantitative estimate of drug-likeness (QED) is 0.785. The number of hydrogen-bond acceptors (Lipinski definition) is 3. The molecular weight excluding hydrogens is 271 g/mol. The second-order valence-electron chi connectivity index (χ2n) is 4.50. The largest absolute Gasteiger partial charge is 0.375 e. The van der Waals surface area contributed by atoms with E-state index in [4.69, 9.17) is 5.73 Å². The number of nitrogens with two attached hydrogens (primary N) is 1. The molecule has 3 rings (SSSR count). The van der Waals surface area contributed by atoms with E-state index in [1.54, 1.807) is 6.07 Å². The van der Waals surface area contributed by atoms with Gasteiger partial charge in [0.2, 0.25) is 0 Å². The van der Waals surface area contributed by atoms with E-state index in [0.717, 1.165) is 22.6 Å². The van der Waals surface area contributed by atoms with E-state index < -0.39 is 0 Å². The van der Waals surface area contributed by atoms with Crippen molar-refractivity contribution in [2.45, 2.75) is 6.42 Å². The summed E-state index contributed by atoms with van der Waals surface area (Å²) in [5.74, 6) is -0.264. The molecule has 0 saturated heterocycles. The second kappa shape index (κ2) is 5.43. The zero-order valence-electron chi connectivity index (χ0n) is 10.7. The van der Waals surface area contributed by atoms with Crippen LogP contribution in [-0.4, -0.2) is 4.98 Å². The number of thiazole rings is 1. The Morgan fingerprint density at radius 3 is 2.60 bits per heavy atom. The molecule has 3 aromatic rings. The first-order chi connectivity index (χ1) is 9.72. The average Bonchev–Trinajstić information content (AvgIpc) is 2.81. The van der Waals surface area contributed by atoms with Crippen LogP contribution in [0, 0.1) is 5.82 Å². The Morgan fingerprint density at radius 1 is 1.05 bits per heavy atom. The SMILES string of the molecule is Nc1nc(-c2cccc(F)c2)c(Cc2ccccc2)s1. The van der Waals surface area contributed by atoms with E-state index in [0.29, 0.717) is 5.13 Å². The highest BCUT2D eigenvalue weighted by Gasteiger charge is 2.12. The molecule has 1 aromatic heterocycles. The molecule has 100 valence electrons. The van der Waals surface area contributed by atoms with Gasteiger partial charge in [0.1, 0.15) is 5.82 Å². The van der Waals surface area contributed by atoms with Gasteiger partial charge in [0.25, 0.3) is 0 Å². The molecule has 1 heterocycles. The van der Waals surface area contributed by atoms with Crippen LogP contribution in [0.5, 0.6) is 0 Å². The maximum absolute atomic E-state index is 13.4. The van der Waals surface area contributed by atoms with E-state index in [1.165, 1.54) is 29.0 Å². The van der Waals surface area contributed by atoms with E-state index in [-0.39, 0.29) is 5.82 Å². The lowest BCUT2D eigenvalue weighted by Crippen LogP contribution is -1.89. The molecule has 2 nitrogen and oxygen atoms in total. The van der Waals surface area contributed by atoms with Gasteiger partial charge in [-0.25, -0.2) is 9.37 Å². The summed E-state index contributed by atoms with van der Waals surface area (Å²) in [6, 6.07) is 16.6. The van der Waals surface area contributed by atoms with Crippen LogP contribution < -0.4 is 5.73 Å². The molecular formula is C16H13FN2S. The van der Waals surface area contributed by atoms with Crippen molar-refractivity contribution in [1.29, 1.82) is 0 Å². The number of anilines is 1. The van der Waals surface area contributed by atoms with Crippen molar-refractivity contribution in [2.24, 2.45) is 0 Å². The molecule has 0 bridgehead atoms. The lowest BCUT2D eigenvalue weighted by Gasteiger charge is -2.03. The summed E-state index contributed by atoms with van der Waals surface area (Å²) in [6.07, 6.45) is 0.752. The summed E-state index contributed by atoms with van der Waals surface area (Å²) in [5.41, 5.74) is 8.55. The van der Waals surface area contributed by atoms with Gasteiger partial charge in [-0.05, 0) is 17.7 Å². The van der Waals surface area contributed by atoms with Crippen molar-refractivity contribution in [3.8, 4) is 11.3 Å². The third-order valence-corrected chi connectivity index (χ3v) is 3.90. The monoisotopic (exact) mass is 284 g/mol. The minimum absolute atomic E-state index is 0.264. The van der Waals surface area contributed by atoms with E-state index in [2.05, 4.69) is 17.1 Å². The molecule has 0 spiro atoms. The zero-order chi connectivity index (χ0) is 13.9. The lowest BCUT2D eigenvalue weighted by molar-refractivity contribution is 0.628. The fraction of sp³-hybridized carbons (Fsp3) is 0.0625. The van der Waals surface area contributed by atoms with Crippen LogP contribution in [0.2, 0.25) is 0 Å². The van der Waals surface area contributed by atoms with Crippen LogP contribution in [0.1, 0.15) is 10.4 Å². The number of nitrogens with zero attached hydrogens (tertiary/aromatic N) is 1. The Hall–Kier alpha value is -2.20. The highest BCUT2D eigenvalue weighted by Crippen LogP contribution is 2.31. The summed E-state index contributed by atoms with van der Waals surface area (Å²) >= 11 is 1.45. The predicted molar refractivity (Wildman–Crippen MR) is 81.2 cm³/mol. The van der Waals surface area contributed by atoms with Gasteiger partial charge in [-0.2, -0.15) is 0 Å². The molecule has 0 radical (unpaired) electrons. The third kappa shape index (κ3) is 2.70. The fourth-order valence-electron chi connectivity index (χ4n) is 2.13. The zero-order valence-corrected chi connectivity index (χ0v) is 11.5. The molecule has 2 N–H and O–H groups in total.